The second-order valence-electron chi connectivity index (χ2n) is 5.58. The highest BCUT2D eigenvalue weighted by Crippen LogP contribution is 2.30. The van der Waals surface area contributed by atoms with Crippen LogP contribution in [0.25, 0.3) is 0 Å². The van der Waals surface area contributed by atoms with Gasteiger partial charge in [-0.15, -0.1) is 11.8 Å². The Morgan fingerprint density at radius 2 is 2.26 bits per heavy atom. The molecule has 1 aromatic carbocycles. The molecular weight excluding hydrogens is 351 g/mol. The van der Waals surface area contributed by atoms with E-state index in [-0.39, 0.29) is 0 Å². The Bertz CT molecular complexity index is 661. The summed E-state index contributed by atoms with van der Waals surface area (Å²) in [6, 6.07) is 5.93. The minimum Gasteiger partial charge on any atom is -0.337 e. The Morgan fingerprint density at radius 3 is 3.04 bits per heavy atom. The van der Waals surface area contributed by atoms with E-state index in [4.69, 9.17) is 23.2 Å². The van der Waals surface area contributed by atoms with Gasteiger partial charge < -0.3 is 9.88 Å². The minimum absolute atomic E-state index is 0.319. The number of imidazole rings is 1. The highest BCUT2D eigenvalue weighted by atomic mass is 35.5. The standard InChI is InChI=1S/C16H20Cl2N4S/c1-21-6-5-20-16(21)14-11-19-4-7-22(14)8-9-23-15-10-12(17)2-3-13(15)18/h2-3,5-6,10,14,19H,4,7-9,11H2,1H3. The van der Waals surface area contributed by atoms with E-state index < -0.39 is 0 Å². The molecule has 4 nitrogen and oxygen atoms in total. The van der Waals surface area contributed by atoms with Crippen molar-refractivity contribution in [2.45, 2.75) is 10.9 Å². The molecule has 124 valence electrons. The number of benzene rings is 1. The monoisotopic (exact) mass is 370 g/mol. The van der Waals surface area contributed by atoms with Gasteiger partial charge in [0, 0.05) is 61.3 Å². The summed E-state index contributed by atoms with van der Waals surface area (Å²) in [5.74, 6) is 2.09. The Hall–Kier alpha value is -0.720. The van der Waals surface area contributed by atoms with E-state index in [0.29, 0.717) is 6.04 Å². The fourth-order valence-electron chi connectivity index (χ4n) is 2.83. The van der Waals surface area contributed by atoms with Crippen LogP contribution in [0.2, 0.25) is 10.0 Å². The maximum atomic E-state index is 6.23. The van der Waals surface area contributed by atoms with Gasteiger partial charge in [0.25, 0.3) is 0 Å². The summed E-state index contributed by atoms with van der Waals surface area (Å²) in [6.07, 6.45) is 3.87. The van der Waals surface area contributed by atoms with Crippen LogP contribution in [0.5, 0.6) is 0 Å². The number of halogens is 2. The first-order valence-electron chi connectivity index (χ1n) is 7.65. The highest BCUT2D eigenvalue weighted by molar-refractivity contribution is 7.99. The smallest absolute Gasteiger partial charge is 0.127 e. The fraction of sp³-hybridized carbons (Fsp3) is 0.438. The Kier molecular flexibility index (Phi) is 5.88. The van der Waals surface area contributed by atoms with Crippen LogP contribution >= 0.6 is 35.0 Å². The topological polar surface area (TPSA) is 33.1 Å². The van der Waals surface area contributed by atoms with Crippen molar-refractivity contribution in [2.24, 2.45) is 7.05 Å². The SMILES string of the molecule is Cn1ccnc1C1CNCCN1CCSc1cc(Cl)ccc1Cl. The lowest BCUT2D eigenvalue weighted by atomic mass is 10.2. The van der Waals surface area contributed by atoms with Gasteiger partial charge in [0.2, 0.25) is 0 Å². The third kappa shape index (κ3) is 4.22. The van der Waals surface area contributed by atoms with E-state index in [1.807, 2.05) is 30.6 Å². The maximum absolute atomic E-state index is 6.23. The number of thioether (sulfide) groups is 1. The number of hydrogen-bond donors (Lipinski definition) is 1. The van der Waals surface area contributed by atoms with Gasteiger partial charge in [-0.2, -0.15) is 0 Å². The number of nitrogens with zero attached hydrogens (tertiary/aromatic N) is 3. The molecule has 0 bridgehead atoms. The first kappa shape index (κ1) is 17.1. The van der Waals surface area contributed by atoms with Crippen LogP contribution in [0, 0.1) is 0 Å². The van der Waals surface area contributed by atoms with Gasteiger partial charge in [-0.05, 0) is 18.2 Å². The van der Waals surface area contributed by atoms with Crippen LogP contribution in [-0.2, 0) is 7.05 Å². The molecule has 3 rings (SSSR count). The zero-order valence-electron chi connectivity index (χ0n) is 13.0. The lowest BCUT2D eigenvalue weighted by Crippen LogP contribution is -2.47. The van der Waals surface area contributed by atoms with E-state index in [1.165, 1.54) is 0 Å². The van der Waals surface area contributed by atoms with Gasteiger partial charge in [-0.25, -0.2) is 4.98 Å². The molecule has 0 spiro atoms. The van der Waals surface area contributed by atoms with Crippen molar-refractivity contribution in [1.82, 2.24) is 19.8 Å². The van der Waals surface area contributed by atoms with E-state index in [0.717, 1.165) is 52.7 Å². The van der Waals surface area contributed by atoms with Crippen molar-refractivity contribution in [1.29, 1.82) is 0 Å². The summed E-state index contributed by atoms with van der Waals surface area (Å²) in [6.45, 7) is 3.98. The number of hydrogen-bond acceptors (Lipinski definition) is 4. The summed E-state index contributed by atoms with van der Waals surface area (Å²) in [4.78, 5) is 8.05. The molecule has 2 heterocycles. The molecule has 1 aliphatic rings. The molecule has 0 aliphatic carbocycles. The lowest BCUT2D eigenvalue weighted by Gasteiger charge is -2.35. The zero-order valence-corrected chi connectivity index (χ0v) is 15.3. The first-order chi connectivity index (χ1) is 11.1. The van der Waals surface area contributed by atoms with Crippen LogP contribution in [0.15, 0.2) is 35.5 Å². The van der Waals surface area contributed by atoms with Crippen LogP contribution in [0.1, 0.15) is 11.9 Å². The van der Waals surface area contributed by atoms with Gasteiger partial charge in [-0.1, -0.05) is 23.2 Å². The number of rotatable bonds is 5. The largest absolute Gasteiger partial charge is 0.337 e. The lowest BCUT2D eigenvalue weighted by molar-refractivity contribution is 0.163. The number of piperazine rings is 1. The van der Waals surface area contributed by atoms with Gasteiger partial charge in [0.1, 0.15) is 5.82 Å². The quantitative estimate of drug-likeness (QED) is 0.816. The summed E-state index contributed by atoms with van der Waals surface area (Å²) in [5, 5.41) is 4.96. The fourth-order valence-corrected chi connectivity index (χ4v) is 4.31. The molecule has 23 heavy (non-hydrogen) atoms. The number of aryl methyl sites for hydroxylation is 1. The van der Waals surface area contributed by atoms with Crippen molar-refractivity contribution < 1.29 is 0 Å². The van der Waals surface area contributed by atoms with Crippen LogP contribution in [0.3, 0.4) is 0 Å². The van der Waals surface area contributed by atoms with Crippen molar-refractivity contribution in [2.75, 3.05) is 31.9 Å². The maximum Gasteiger partial charge on any atom is 0.127 e. The molecular formula is C16H20Cl2N4S. The van der Waals surface area contributed by atoms with E-state index >= 15 is 0 Å². The molecule has 1 saturated heterocycles. The molecule has 0 saturated carbocycles. The van der Waals surface area contributed by atoms with Crippen molar-refractivity contribution in [3.05, 3.63) is 46.5 Å². The van der Waals surface area contributed by atoms with Crippen LogP contribution in [-0.4, -0.2) is 46.4 Å². The second kappa shape index (κ2) is 7.90. The van der Waals surface area contributed by atoms with E-state index in [9.17, 15) is 0 Å². The van der Waals surface area contributed by atoms with Gasteiger partial charge in [0.05, 0.1) is 11.1 Å². The Labute approximate surface area is 151 Å². The van der Waals surface area contributed by atoms with Gasteiger partial charge in [0.15, 0.2) is 0 Å². The van der Waals surface area contributed by atoms with Crippen LogP contribution in [0.4, 0.5) is 0 Å². The normalized spacial score (nSPS) is 19.2. The molecule has 0 radical (unpaired) electrons. The zero-order chi connectivity index (χ0) is 16.2. The summed E-state index contributed by atoms with van der Waals surface area (Å²) in [7, 11) is 2.05. The number of nitrogens with one attached hydrogen (secondary N) is 1. The van der Waals surface area contributed by atoms with Crippen molar-refractivity contribution in [3.8, 4) is 0 Å². The van der Waals surface area contributed by atoms with Gasteiger partial charge >= 0.3 is 0 Å². The van der Waals surface area contributed by atoms with Crippen LogP contribution < -0.4 is 5.32 Å². The van der Waals surface area contributed by atoms with E-state index in [1.54, 1.807) is 11.8 Å². The molecule has 1 fully saturated rings. The average Bonchev–Trinajstić information content (AvgIpc) is 2.97. The van der Waals surface area contributed by atoms with Crippen molar-refractivity contribution >= 4 is 35.0 Å². The Morgan fingerprint density at radius 1 is 1.39 bits per heavy atom. The second-order valence-corrected chi connectivity index (χ2v) is 7.56. The molecule has 1 aliphatic heterocycles. The predicted octanol–water partition coefficient (Wildman–Crippen LogP) is 3.47. The summed E-state index contributed by atoms with van der Waals surface area (Å²) >= 11 is 14.0. The molecule has 1 aromatic heterocycles. The molecule has 1 unspecified atom stereocenters. The molecule has 7 heteroatoms. The van der Waals surface area contributed by atoms with Crippen molar-refractivity contribution in [3.63, 3.8) is 0 Å². The Balaban J connectivity index is 1.62. The molecule has 1 atom stereocenters. The summed E-state index contributed by atoms with van der Waals surface area (Å²) < 4.78 is 2.10. The third-order valence-corrected chi connectivity index (χ3v) is 5.75. The molecule has 0 amide bonds. The molecule has 1 N–H and O–H groups in total. The average molecular weight is 371 g/mol. The van der Waals surface area contributed by atoms with E-state index in [2.05, 4.69) is 26.8 Å². The number of aromatic nitrogens is 2. The minimum atomic E-state index is 0.319. The van der Waals surface area contributed by atoms with Gasteiger partial charge in [-0.3, -0.25) is 4.90 Å². The predicted molar refractivity (Wildman–Crippen MR) is 97.6 cm³/mol. The highest BCUT2D eigenvalue weighted by Gasteiger charge is 2.26. The third-order valence-electron chi connectivity index (χ3n) is 4.04. The molecule has 2 aromatic rings. The summed E-state index contributed by atoms with van der Waals surface area (Å²) in [5.41, 5.74) is 0. The first-order valence-corrected chi connectivity index (χ1v) is 9.39.